The Bertz CT molecular complexity index is 673. The summed E-state index contributed by atoms with van der Waals surface area (Å²) in [6, 6.07) is 9.05. The second kappa shape index (κ2) is 6.85. The number of carbonyl (C=O) groups is 1. The molecular formula is C19H23NO2S. The number of nitrogens with zero attached hydrogens (tertiary/aromatic N) is 1. The Morgan fingerprint density at radius 2 is 2.00 bits per heavy atom. The van der Waals surface area contributed by atoms with Crippen molar-refractivity contribution in [3.8, 4) is 0 Å². The van der Waals surface area contributed by atoms with Gasteiger partial charge in [0.2, 0.25) is 0 Å². The Labute approximate surface area is 141 Å². The van der Waals surface area contributed by atoms with Crippen LogP contribution in [0.4, 0.5) is 0 Å². The normalized spacial score (nSPS) is 18.0. The Morgan fingerprint density at radius 1 is 1.26 bits per heavy atom. The molecule has 0 saturated carbocycles. The lowest BCUT2D eigenvalue weighted by Gasteiger charge is -2.37. The van der Waals surface area contributed by atoms with Crippen molar-refractivity contribution >= 4 is 17.3 Å². The topological polar surface area (TPSA) is 40.5 Å². The first kappa shape index (κ1) is 16.2. The predicted octanol–water partition coefficient (Wildman–Crippen LogP) is 4.25. The lowest BCUT2D eigenvalue weighted by molar-refractivity contribution is -0.143. The van der Waals surface area contributed by atoms with Crippen LogP contribution in [-0.4, -0.2) is 29.1 Å². The van der Waals surface area contributed by atoms with Gasteiger partial charge in [0, 0.05) is 0 Å². The van der Waals surface area contributed by atoms with Crippen molar-refractivity contribution in [3.05, 3.63) is 57.3 Å². The smallest absolute Gasteiger partial charge is 0.306 e. The van der Waals surface area contributed by atoms with Gasteiger partial charge < -0.3 is 5.11 Å². The lowest BCUT2D eigenvalue weighted by Crippen LogP contribution is -2.39. The van der Waals surface area contributed by atoms with Gasteiger partial charge in [-0.05, 0) is 73.3 Å². The number of hydrogen-bond donors (Lipinski definition) is 1. The van der Waals surface area contributed by atoms with E-state index in [0.717, 1.165) is 25.9 Å². The molecule has 122 valence electrons. The molecule has 2 heterocycles. The minimum Gasteiger partial charge on any atom is -0.481 e. The van der Waals surface area contributed by atoms with Crippen molar-refractivity contribution in [1.29, 1.82) is 0 Å². The molecule has 0 amide bonds. The van der Waals surface area contributed by atoms with Crippen molar-refractivity contribution in [3.63, 3.8) is 0 Å². The first-order chi connectivity index (χ1) is 11.1. The number of aryl methyl sites for hydroxylation is 2. The first-order valence-corrected chi connectivity index (χ1v) is 9.06. The van der Waals surface area contributed by atoms with Crippen molar-refractivity contribution in [2.45, 2.75) is 32.7 Å². The molecule has 3 rings (SSSR count). The SMILES string of the molecule is Cc1ccc(C)c(C(c2ccsc2)N2CCC(C(=O)O)CC2)c1. The average molecular weight is 329 g/mol. The standard InChI is InChI=1S/C19H23NO2S/c1-13-3-4-14(2)17(11-13)18(16-7-10-23-12-16)20-8-5-15(6-9-20)19(21)22/h3-4,7,10-12,15,18H,5-6,8-9H2,1-2H3,(H,21,22). The average Bonchev–Trinajstić information content (AvgIpc) is 3.05. The number of piperidine rings is 1. The highest BCUT2D eigenvalue weighted by Crippen LogP contribution is 2.35. The van der Waals surface area contributed by atoms with E-state index in [1.165, 1.54) is 22.3 Å². The molecule has 2 aromatic rings. The van der Waals surface area contributed by atoms with Gasteiger partial charge in [-0.2, -0.15) is 11.3 Å². The summed E-state index contributed by atoms with van der Waals surface area (Å²) in [6.07, 6.45) is 1.47. The Morgan fingerprint density at radius 3 is 2.61 bits per heavy atom. The molecular weight excluding hydrogens is 306 g/mol. The van der Waals surface area contributed by atoms with E-state index in [1.807, 2.05) is 0 Å². The number of aliphatic carboxylic acids is 1. The maximum atomic E-state index is 11.2. The molecule has 1 fully saturated rings. The molecule has 1 aliphatic rings. The third-order valence-corrected chi connectivity index (χ3v) is 5.53. The van der Waals surface area contributed by atoms with Gasteiger partial charge in [-0.1, -0.05) is 23.8 Å². The van der Waals surface area contributed by atoms with Gasteiger partial charge in [-0.3, -0.25) is 9.69 Å². The Hall–Kier alpha value is -1.65. The van der Waals surface area contributed by atoms with Crippen LogP contribution in [0.5, 0.6) is 0 Å². The molecule has 1 N–H and O–H groups in total. The van der Waals surface area contributed by atoms with Crippen LogP contribution < -0.4 is 0 Å². The third kappa shape index (κ3) is 3.48. The largest absolute Gasteiger partial charge is 0.481 e. The van der Waals surface area contributed by atoms with E-state index in [1.54, 1.807) is 11.3 Å². The molecule has 0 spiro atoms. The molecule has 0 bridgehead atoms. The molecule has 1 unspecified atom stereocenters. The van der Waals surface area contributed by atoms with E-state index >= 15 is 0 Å². The van der Waals surface area contributed by atoms with Gasteiger partial charge in [0.05, 0.1) is 12.0 Å². The van der Waals surface area contributed by atoms with Gasteiger partial charge in [0.25, 0.3) is 0 Å². The van der Waals surface area contributed by atoms with Crippen LogP contribution in [0.1, 0.15) is 41.1 Å². The van der Waals surface area contributed by atoms with E-state index in [4.69, 9.17) is 0 Å². The van der Waals surface area contributed by atoms with Crippen LogP contribution >= 0.6 is 11.3 Å². The maximum absolute atomic E-state index is 11.2. The van der Waals surface area contributed by atoms with Crippen molar-refractivity contribution < 1.29 is 9.90 Å². The van der Waals surface area contributed by atoms with E-state index < -0.39 is 5.97 Å². The summed E-state index contributed by atoms with van der Waals surface area (Å²) in [4.78, 5) is 13.7. The predicted molar refractivity (Wildman–Crippen MR) is 94.0 cm³/mol. The minimum atomic E-state index is -0.650. The zero-order valence-electron chi connectivity index (χ0n) is 13.7. The molecule has 23 heavy (non-hydrogen) atoms. The number of carboxylic acid groups (broad SMARTS) is 1. The quantitative estimate of drug-likeness (QED) is 0.911. The summed E-state index contributed by atoms with van der Waals surface area (Å²) in [5.41, 5.74) is 5.23. The Kier molecular flexibility index (Phi) is 4.83. The van der Waals surface area contributed by atoms with Gasteiger partial charge in [0.1, 0.15) is 0 Å². The van der Waals surface area contributed by atoms with Crippen LogP contribution in [0.2, 0.25) is 0 Å². The van der Waals surface area contributed by atoms with Crippen molar-refractivity contribution in [2.24, 2.45) is 5.92 Å². The van der Waals surface area contributed by atoms with Gasteiger partial charge in [0.15, 0.2) is 0 Å². The highest BCUT2D eigenvalue weighted by atomic mass is 32.1. The summed E-state index contributed by atoms with van der Waals surface area (Å²) in [7, 11) is 0. The number of benzene rings is 1. The molecule has 1 atom stereocenters. The molecule has 4 heteroatoms. The molecule has 1 aromatic heterocycles. The third-order valence-electron chi connectivity index (χ3n) is 4.83. The summed E-state index contributed by atoms with van der Waals surface area (Å²) in [5.74, 6) is -0.837. The fraction of sp³-hybridized carbons (Fsp3) is 0.421. The molecule has 1 saturated heterocycles. The number of carboxylic acids is 1. The summed E-state index contributed by atoms with van der Waals surface area (Å²) in [6.45, 7) is 5.97. The zero-order valence-corrected chi connectivity index (χ0v) is 14.5. The van der Waals surface area contributed by atoms with E-state index in [9.17, 15) is 9.90 Å². The van der Waals surface area contributed by atoms with E-state index in [0.29, 0.717) is 0 Å². The Balaban J connectivity index is 1.92. The monoisotopic (exact) mass is 329 g/mol. The van der Waals surface area contributed by atoms with Gasteiger partial charge in [-0.25, -0.2) is 0 Å². The number of rotatable bonds is 4. The zero-order chi connectivity index (χ0) is 16.4. The van der Waals surface area contributed by atoms with Crippen LogP contribution in [0.15, 0.2) is 35.0 Å². The number of likely N-dealkylation sites (tertiary alicyclic amines) is 1. The first-order valence-electron chi connectivity index (χ1n) is 8.12. The number of thiophene rings is 1. The van der Waals surface area contributed by atoms with Gasteiger partial charge in [-0.15, -0.1) is 0 Å². The second-order valence-electron chi connectivity index (χ2n) is 6.47. The van der Waals surface area contributed by atoms with E-state index in [2.05, 4.69) is 53.8 Å². The summed E-state index contributed by atoms with van der Waals surface area (Å²) < 4.78 is 0. The van der Waals surface area contributed by atoms with Crippen LogP contribution in [-0.2, 0) is 4.79 Å². The maximum Gasteiger partial charge on any atom is 0.306 e. The highest BCUT2D eigenvalue weighted by molar-refractivity contribution is 7.08. The molecule has 3 nitrogen and oxygen atoms in total. The fourth-order valence-corrected chi connectivity index (χ4v) is 4.16. The molecule has 1 aliphatic heterocycles. The highest BCUT2D eigenvalue weighted by Gasteiger charge is 2.30. The summed E-state index contributed by atoms with van der Waals surface area (Å²) in [5, 5.41) is 13.6. The van der Waals surface area contributed by atoms with Crippen LogP contribution in [0, 0.1) is 19.8 Å². The number of hydrogen-bond acceptors (Lipinski definition) is 3. The van der Waals surface area contributed by atoms with Crippen LogP contribution in [0.3, 0.4) is 0 Å². The lowest BCUT2D eigenvalue weighted by atomic mass is 9.90. The molecule has 0 aliphatic carbocycles. The fourth-order valence-electron chi connectivity index (χ4n) is 3.48. The molecule has 0 radical (unpaired) electrons. The van der Waals surface area contributed by atoms with Crippen molar-refractivity contribution in [1.82, 2.24) is 4.90 Å². The van der Waals surface area contributed by atoms with Crippen LogP contribution in [0.25, 0.3) is 0 Å². The molecule has 1 aromatic carbocycles. The van der Waals surface area contributed by atoms with Gasteiger partial charge >= 0.3 is 5.97 Å². The second-order valence-corrected chi connectivity index (χ2v) is 7.25. The van der Waals surface area contributed by atoms with E-state index in [-0.39, 0.29) is 12.0 Å². The van der Waals surface area contributed by atoms with Crippen molar-refractivity contribution in [2.75, 3.05) is 13.1 Å². The summed E-state index contributed by atoms with van der Waals surface area (Å²) >= 11 is 1.72. The minimum absolute atomic E-state index is 0.187.